The minimum atomic E-state index is 0.141. The van der Waals surface area contributed by atoms with E-state index >= 15 is 0 Å². The van der Waals surface area contributed by atoms with Crippen LogP contribution in [0.3, 0.4) is 0 Å². The van der Waals surface area contributed by atoms with Crippen molar-refractivity contribution in [1.82, 2.24) is 0 Å². The van der Waals surface area contributed by atoms with Gasteiger partial charge in [-0.05, 0) is 36.0 Å². The first-order valence-corrected chi connectivity index (χ1v) is 7.15. The third kappa shape index (κ3) is 2.94. The molecule has 2 heteroatoms. The fraction of sp³-hybridized carbons (Fsp3) is 0.529. The number of azo groups is 1. The van der Waals surface area contributed by atoms with Crippen LogP contribution >= 0.6 is 0 Å². The molecule has 0 aliphatic carbocycles. The summed E-state index contributed by atoms with van der Waals surface area (Å²) in [5.74, 6) is 0.439. The smallest absolute Gasteiger partial charge is 0.0939 e. The van der Waals surface area contributed by atoms with Crippen LogP contribution < -0.4 is 0 Å². The van der Waals surface area contributed by atoms with Gasteiger partial charge in [0.15, 0.2) is 0 Å². The van der Waals surface area contributed by atoms with Gasteiger partial charge in [0.05, 0.1) is 11.7 Å². The third-order valence-corrected chi connectivity index (χ3v) is 3.91. The summed E-state index contributed by atoms with van der Waals surface area (Å²) in [6.45, 7) is 11.2. The molecule has 0 amide bonds. The number of rotatable bonds is 2. The van der Waals surface area contributed by atoms with E-state index in [4.69, 9.17) is 0 Å². The topological polar surface area (TPSA) is 24.7 Å². The van der Waals surface area contributed by atoms with Gasteiger partial charge in [-0.2, -0.15) is 10.2 Å². The van der Waals surface area contributed by atoms with Crippen LogP contribution in [0.1, 0.15) is 58.2 Å². The van der Waals surface area contributed by atoms with Crippen molar-refractivity contribution in [3.8, 4) is 0 Å². The summed E-state index contributed by atoms with van der Waals surface area (Å²) in [5, 5.41) is 9.03. The monoisotopic (exact) mass is 256 g/mol. The van der Waals surface area contributed by atoms with E-state index in [1.165, 1.54) is 11.1 Å². The van der Waals surface area contributed by atoms with Gasteiger partial charge >= 0.3 is 0 Å². The molecule has 0 spiro atoms. The van der Waals surface area contributed by atoms with Gasteiger partial charge in [-0.1, -0.05) is 52.0 Å². The van der Waals surface area contributed by atoms with Gasteiger partial charge < -0.3 is 0 Å². The molecule has 0 unspecified atom stereocenters. The molecule has 0 fully saturated rings. The number of fused-ring (bicyclic) bond motifs is 1. The van der Waals surface area contributed by atoms with Gasteiger partial charge in [0.2, 0.25) is 0 Å². The average molecular weight is 256 g/mol. The Hall–Kier alpha value is -1.44. The molecule has 1 aromatic rings. The molecular weight excluding hydrogens is 232 g/mol. The zero-order valence-electron chi connectivity index (χ0n) is 12.6. The summed E-state index contributed by atoms with van der Waals surface area (Å²) < 4.78 is 0. The van der Waals surface area contributed by atoms with Crippen molar-refractivity contribution in [2.75, 3.05) is 0 Å². The maximum Gasteiger partial charge on any atom is 0.0939 e. The van der Waals surface area contributed by atoms with Gasteiger partial charge in [-0.3, -0.25) is 0 Å². The molecule has 0 radical (unpaired) electrons. The molecule has 0 saturated heterocycles. The molecule has 0 N–H and O–H groups in total. The highest BCUT2D eigenvalue weighted by Gasteiger charge is 2.28. The summed E-state index contributed by atoms with van der Waals surface area (Å²) in [7, 11) is 0. The van der Waals surface area contributed by atoms with Crippen molar-refractivity contribution in [2.24, 2.45) is 21.6 Å². The van der Waals surface area contributed by atoms with Crippen molar-refractivity contribution in [3.63, 3.8) is 0 Å². The highest BCUT2D eigenvalue weighted by Crippen LogP contribution is 2.38. The van der Waals surface area contributed by atoms with Crippen molar-refractivity contribution in [2.45, 2.75) is 47.1 Å². The first-order chi connectivity index (χ1) is 8.93. The molecule has 0 saturated carbocycles. The van der Waals surface area contributed by atoms with E-state index < -0.39 is 0 Å². The minimum absolute atomic E-state index is 0.141. The Morgan fingerprint density at radius 3 is 2.53 bits per heavy atom. The van der Waals surface area contributed by atoms with Gasteiger partial charge in [0.25, 0.3) is 0 Å². The highest BCUT2D eigenvalue weighted by atomic mass is 15.1. The maximum atomic E-state index is 4.54. The molecule has 1 aliphatic rings. The lowest BCUT2D eigenvalue weighted by Crippen LogP contribution is -2.21. The Morgan fingerprint density at radius 1 is 1.21 bits per heavy atom. The SMILES string of the molecule is CC[C@@H](C1=Cc2ccccc2[C@@H](C)N=N1)C(C)(C)C. The molecule has 1 aromatic carbocycles. The largest absolute Gasteiger partial charge is 0.181 e. The summed E-state index contributed by atoms with van der Waals surface area (Å²) in [6, 6.07) is 8.62. The number of hydrogen-bond donors (Lipinski definition) is 0. The normalized spacial score (nSPS) is 20.5. The van der Waals surface area contributed by atoms with Gasteiger partial charge in [0, 0.05) is 5.92 Å². The maximum absolute atomic E-state index is 4.54. The Kier molecular flexibility index (Phi) is 3.88. The van der Waals surface area contributed by atoms with Gasteiger partial charge in [-0.25, -0.2) is 0 Å². The van der Waals surface area contributed by atoms with E-state index in [-0.39, 0.29) is 11.5 Å². The average Bonchev–Trinajstić information content (AvgIpc) is 2.49. The summed E-state index contributed by atoms with van der Waals surface area (Å²) in [5.41, 5.74) is 3.86. The van der Waals surface area contributed by atoms with Crippen LogP contribution in [-0.4, -0.2) is 0 Å². The standard InChI is InChI=1S/C17H24N2/c1-6-15(17(3,4)5)16-11-13-9-7-8-10-14(13)12(2)18-19-16/h7-12,15H,6H2,1-5H3/t12-,15+/m1/s1. The molecule has 0 aromatic heterocycles. The first-order valence-electron chi connectivity index (χ1n) is 7.15. The molecular formula is C17H24N2. The van der Waals surface area contributed by atoms with Crippen LogP contribution in [0.4, 0.5) is 0 Å². The predicted molar refractivity (Wildman–Crippen MR) is 80.9 cm³/mol. The molecule has 19 heavy (non-hydrogen) atoms. The molecule has 1 heterocycles. The lowest BCUT2D eigenvalue weighted by Gasteiger charge is -2.29. The molecule has 2 atom stereocenters. The van der Waals surface area contributed by atoms with Crippen LogP contribution in [0.15, 0.2) is 40.2 Å². The highest BCUT2D eigenvalue weighted by molar-refractivity contribution is 5.58. The lowest BCUT2D eigenvalue weighted by atomic mass is 9.77. The Balaban J connectivity index is 2.48. The number of hydrogen-bond acceptors (Lipinski definition) is 2. The Morgan fingerprint density at radius 2 is 1.89 bits per heavy atom. The van der Waals surface area contributed by atoms with Crippen LogP contribution in [0.2, 0.25) is 0 Å². The zero-order valence-corrected chi connectivity index (χ0v) is 12.6. The van der Waals surface area contributed by atoms with Crippen molar-refractivity contribution >= 4 is 6.08 Å². The van der Waals surface area contributed by atoms with Gasteiger partial charge in [0.1, 0.15) is 0 Å². The van der Waals surface area contributed by atoms with Crippen LogP contribution in [0.25, 0.3) is 6.08 Å². The van der Waals surface area contributed by atoms with E-state index in [0.717, 1.165) is 12.1 Å². The molecule has 0 bridgehead atoms. The van der Waals surface area contributed by atoms with E-state index in [0.29, 0.717) is 5.92 Å². The molecule has 2 nitrogen and oxygen atoms in total. The van der Waals surface area contributed by atoms with Crippen molar-refractivity contribution in [1.29, 1.82) is 0 Å². The van der Waals surface area contributed by atoms with E-state index in [1.54, 1.807) is 0 Å². The Labute approximate surface area is 116 Å². The minimum Gasteiger partial charge on any atom is -0.181 e. The predicted octanol–water partition coefficient (Wildman–Crippen LogP) is 5.63. The fourth-order valence-corrected chi connectivity index (χ4v) is 2.86. The summed E-state index contributed by atoms with van der Waals surface area (Å²) >= 11 is 0. The van der Waals surface area contributed by atoms with Crippen molar-refractivity contribution in [3.05, 3.63) is 41.1 Å². The number of allylic oxidation sites excluding steroid dienone is 1. The summed E-state index contributed by atoms with van der Waals surface area (Å²) in [6.07, 6.45) is 3.31. The molecule has 102 valence electrons. The van der Waals surface area contributed by atoms with Crippen molar-refractivity contribution < 1.29 is 0 Å². The third-order valence-electron chi connectivity index (χ3n) is 3.91. The Bertz CT molecular complexity index is 506. The van der Waals surface area contributed by atoms with Gasteiger partial charge in [-0.15, -0.1) is 0 Å². The van der Waals surface area contributed by atoms with Crippen LogP contribution in [0.5, 0.6) is 0 Å². The first kappa shape index (κ1) is 14.0. The second kappa shape index (κ2) is 5.28. The molecule has 2 rings (SSSR count). The van der Waals surface area contributed by atoms with Crippen LogP contribution in [0, 0.1) is 11.3 Å². The summed E-state index contributed by atoms with van der Waals surface area (Å²) in [4.78, 5) is 0. The lowest BCUT2D eigenvalue weighted by molar-refractivity contribution is 0.270. The molecule has 1 aliphatic heterocycles. The number of nitrogens with zero attached hydrogens (tertiary/aromatic N) is 2. The number of benzene rings is 1. The van der Waals surface area contributed by atoms with Crippen LogP contribution in [-0.2, 0) is 0 Å². The zero-order chi connectivity index (χ0) is 14.0. The van der Waals surface area contributed by atoms with E-state index in [2.05, 4.69) is 75.2 Å². The van der Waals surface area contributed by atoms with E-state index in [1.807, 2.05) is 0 Å². The van der Waals surface area contributed by atoms with E-state index in [9.17, 15) is 0 Å². The second-order valence-corrected chi connectivity index (χ2v) is 6.42. The fourth-order valence-electron chi connectivity index (χ4n) is 2.86. The second-order valence-electron chi connectivity index (χ2n) is 6.42. The quantitative estimate of drug-likeness (QED) is 0.655.